The summed E-state index contributed by atoms with van der Waals surface area (Å²) in [5, 5.41) is 8.11. The van der Waals surface area contributed by atoms with Crippen molar-refractivity contribution in [3.63, 3.8) is 0 Å². The van der Waals surface area contributed by atoms with Crippen molar-refractivity contribution in [2.45, 2.75) is 18.2 Å². The zero-order chi connectivity index (χ0) is 9.14. The Balaban J connectivity index is 2.90. The summed E-state index contributed by atoms with van der Waals surface area (Å²) in [7, 11) is 0. The van der Waals surface area contributed by atoms with Gasteiger partial charge in [-0.3, -0.25) is 0 Å². The Kier molecular flexibility index (Phi) is 3.75. The van der Waals surface area contributed by atoms with Crippen molar-refractivity contribution in [3.8, 4) is 0 Å². The lowest BCUT2D eigenvalue weighted by atomic mass is 10.2. The number of aromatic nitrogens is 2. The molecule has 0 N–H and O–H groups in total. The fourth-order valence-corrected chi connectivity index (χ4v) is 1.52. The molecule has 0 saturated carbocycles. The third kappa shape index (κ3) is 2.88. The molecule has 1 rings (SSSR count). The molecule has 1 aromatic rings. The van der Waals surface area contributed by atoms with Crippen LogP contribution in [0, 0.1) is 0 Å². The van der Waals surface area contributed by atoms with Crippen LogP contribution in [0.4, 0.5) is 0 Å². The van der Waals surface area contributed by atoms with Crippen molar-refractivity contribution in [1.82, 2.24) is 10.2 Å². The molecule has 0 bridgehead atoms. The average molecular weight is 270 g/mol. The van der Waals surface area contributed by atoms with E-state index in [4.69, 9.17) is 23.2 Å². The Morgan fingerprint density at radius 1 is 1.50 bits per heavy atom. The van der Waals surface area contributed by atoms with Crippen LogP contribution < -0.4 is 0 Å². The standard InChI is InChI=1S/C7H7BrCl2N2/c1-4(8)2-5-3-6(9)11-12-7(5)10/h3-4H,2H2,1H3. The number of hydrogen-bond acceptors (Lipinski definition) is 2. The van der Waals surface area contributed by atoms with Gasteiger partial charge in [0.2, 0.25) is 0 Å². The molecule has 0 saturated heterocycles. The summed E-state index contributed by atoms with van der Waals surface area (Å²) in [5.74, 6) is 0. The van der Waals surface area contributed by atoms with E-state index in [-0.39, 0.29) is 0 Å². The lowest BCUT2D eigenvalue weighted by Gasteiger charge is -2.04. The predicted molar refractivity (Wildman–Crippen MR) is 54.1 cm³/mol. The van der Waals surface area contributed by atoms with E-state index in [1.807, 2.05) is 6.92 Å². The summed E-state index contributed by atoms with van der Waals surface area (Å²) in [6, 6.07) is 1.73. The second kappa shape index (κ2) is 4.40. The molecule has 1 atom stereocenters. The first kappa shape index (κ1) is 10.2. The SMILES string of the molecule is CC(Br)Cc1cc(Cl)nnc1Cl. The van der Waals surface area contributed by atoms with Gasteiger partial charge in [-0.25, -0.2) is 0 Å². The van der Waals surface area contributed by atoms with E-state index in [9.17, 15) is 0 Å². The minimum absolute atomic E-state index is 0.357. The van der Waals surface area contributed by atoms with Crippen LogP contribution in [-0.2, 0) is 6.42 Å². The van der Waals surface area contributed by atoms with Crippen LogP contribution in [0.5, 0.6) is 0 Å². The molecule has 66 valence electrons. The van der Waals surface area contributed by atoms with Crippen LogP contribution in [0.25, 0.3) is 0 Å². The van der Waals surface area contributed by atoms with E-state index in [1.165, 1.54) is 0 Å². The Morgan fingerprint density at radius 2 is 2.17 bits per heavy atom. The van der Waals surface area contributed by atoms with Crippen LogP contribution >= 0.6 is 39.1 Å². The Morgan fingerprint density at radius 3 is 2.75 bits per heavy atom. The van der Waals surface area contributed by atoms with E-state index in [0.717, 1.165) is 12.0 Å². The fraction of sp³-hybridized carbons (Fsp3) is 0.429. The molecule has 2 nitrogen and oxygen atoms in total. The van der Waals surface area contributed by atoms with Crippen LogP contribution in [0.1, 0.15) is 12.5 Å². The first-order valence-corrected chi connectivity index (χ1v) is 5.08. The van der Waals surface area contributed by atoms with E-state index in [0.29, 0.717) is 15.1 Å². The topological polar surface area (TPSA) is 25.8 Å². The highest BCUT2D eigenvalue weighted by molar-refractivity contribution is 9.09. The Labute approximate surface area is 89.4 Å². The van der Waals surface area contributed by atoms with Gasteiger partial charge in [0.25, 0.3) is 0 Å². The number of nitrogens with zero attached hydrogens (tertiary/aromatic N) is 2. The maximum atomic E-state index is 5.79. The number of hydrogen-bond donors (Lipinski definition) is 0. The molecular weight excluding hydrogens is 263 g/mol. The van der Waals surface area contributed by atoms with Gasteiger partial charge in [-0.1, -0.05) is 46.1 Å². The minimum Gasteiger partial charge on any atom is -0.137 e. The van der Waals surface area contributed by atoms with Gasteiger partial charge in [-0.15, -0.1) is 10.2 Å². The van der Waals surface area contributed by atoms with Gasteiger partial charge in [-0.2, -0.15) is 0 Å². The van der Waals surface area contributed by atoms with Crippen molar-refractivity contribution < 1.29 is 0 Å². The van der Waals surface area contributed by atoms with Crippen LogP contribution in [0.15, 0.2) is 6.07 Å². The minimum atomic E-state index is 0.357. The monoisotopic (exact) mass is 268 g/mol. The Hall–Kier alpha value is 0.140. The summed E-state index contributed by atoms with van der Waals surface area (Å²) in [4.78, 5) is 0.357. The first-order chi connectivity index (χ1) is 5.59. The largest absolute Gasteiger partial charge is 0.155 e. The lowest BCUT2D eigenvalue weighted by molar-refractivity contribution is 0.919. The lowest BCUT2D eigenvalue weighted by Crippen LogP contribution is -1.99. The molecule has 12 heavy (non-hydrogen) atoms. The highest BCUT2D eigenvalue weighted by Crippen LogP contribution is 2.18. The highest BCUT2D eigenvalue weighted by atomic mass is 79.9. The number of halogens is 3. The van der Waals surface area contributed by atoms with Gasteiger partial charge in [-0.05, 0) is 18.1 Å². The molecule has 1 heterocycles. The van der Waals surface area contributed by atoms with E-state index in [2.05, 4.69) is 26.1 Å². The number of alkyl halides is 1. The third-order valence-corrected chi connectivity index (χ3v) is 2.12. The molecule has 5 heteroatoms. The zero-order valence-electron chi connectivity index (χ0n) is 6.39. The molecule has 0 aliphatic rings. The van der Waals surface area contributed by atoms with E-state index < -0.39 is 0 Å². The second-order valence-electron chi connectivity index (χ2n) is 2.47. The molecule has 0 amide bonds. The van der Waals surface area contributed by atoms with Gasteiger partial charge in [0.15, 0.2) is 10.3 Å². The van der Waals surface area contributed by atoms with Crippen molar-refractivity contribution in [3.05, 3.63) is 21.9 Å². The fourth-order valence-electron chi connectivity index (χ4n) is 0.834. The van der Waals surface area contributed by atoms with Gasteiger partial charge in [0.05, 0.1) is 0 Å². The summed E-state index contributed by atoms with van der Waals surface area (Å²) in [5.41, 5.74) is 0.918. The van der Waals surface area contributed by atoms with Crippen molar-refractivity contribution in [2.24, 2.45) is 0 Å². The second-order valence-corrected chi connectivity index (χ2v) is 4.78. The van der Waals surface area contributed by atoms with E-state index >= 15 is 0 Å². The zero-order valence-corrected chi connectivity index (χ0v) is 9.49. The molecule has 1 unspecified atom stereocenters. The third-order valence-electron chi connectivity index (χ3n) is 1.29. The van der Waals surface area contributed by atoms with Gasteiger partial charge in [0.1, 0.15) is 0 Å². The molecular formula is C7H7BrCl2N2. The van der Waals surface area contributed by atoms with Crippen LogP contribution in [0.2, 0.25) is 10.3 Å². The normalized spacial score (nSPS) is 13.0. The predicted octanol–water partition coefficient (Wildman–Crippen LogP) is 3.11. The summed E-state index contributed by atoms with van der Waals surface area (Å²) in [6.07, 6.45) is 0.800. The molecule has 0 fully saturated rings. The van der Waals surface area contributed by atoms with Crippen molar-refractivity contribution in [2.75, 3.05) is 0 Å². The Bertz CT molecular complexity index is 278. The summed E-state index contributed by atoms with van der Waals surface area (Å²) in [6.45, 7) is 2.03. The quantitative estimate of drug-likeness (QED) is 0.771. The maximum absolute atomic E-state index is 5.79. The van der Waals surface area contributed by atoms with E-state index in [1.54, 1.807) is 6.07 Å². The van der Waals surface area contributed by atoms with Crippen molar-refractivity contribution >= 4 is 39.1 Å². The van der Waals surface area contributed by atoms with Gasteiger partial charge >= 0.3 is 0 Å². The average Bonchev–Trinajstić information content (AvgIpc) is 1.96. The summed E-state index contributed by atoms with van der Waals surface area (Å²) < 4.78 is 0. The van der Waals surface area contributed by atoms with Crippen LogP contribution in [0.3, 0.4) is 0 Å². The molecule has 0 aliphatic carbocycles. The molecule has 0 radical (unpaired) electrons. The highest BCUT2D eigenvalue weighted by Gasteiger charge is 2.06. The molecule has 0 aromatic carbocycles. The summed E-state index contributed by atoms with van der Waals surface area (Å²) >= 11 is 14.9. The molecule has 1 aromatic heterocycles. The molecule has 0 spiro atoms. The van der Waals surface area contributed by atoms with Gasteiger partial charge in [0, 0.05) is 4.83 Å². The molecule has 0 aliphatic heterocycles. The maximum Gasteiger partial charge on any atom is 0.155 e. The number of rotatable bonds is 2. The van der Waals surface area contributed by atoms with Gasteiger partial charge < -0.3 is 0 Å². The van der Waals surface area contributed by atoms with Crippen molar-refractivity contribution in [1.29, 1.82) is 0 Å². The van der Waals surface area contributed by atoms with Crippen LogP contribution in [-0.4, -0.2) is 15.0 Å². The smallest absolute Gasteiger partial charge is 0.137 e. The first-order valence-electron chi connectivity index (χ1n) is 3.41.